The SMILES string of the molecule is CC(C)N(Cc1cccnc1)C(=O)NC(c1ccccc1)c1ccco1. The van der Waals surface area contributed by atoms with E-state index in [1.807, 2.05) is 68.4 Å². The Morgan fingerprint density at radius 2 is 1.92 bits per heavy atom. The van der Waals surface area contributed by atoms with Crippen LogP contribution in [-0.2, 0) is 6.54 Å². The quantitative estimate of drug-likeness (QED) is 0.718. The van der Waals surface area contributed by atoms with Gasteiger partial charge in [-0.15, -0.1) is 0 Å². The molecule has 2 amide bonds. The average Bonchev–Trinajstić information content (AvgIpc) is 3.19. The molecule has 134 valence electrons. The highest BCUT2D eigenvalue weighted by atomic mass is 16.3. The minimum Gasteiger partial charge on any atom is -0.467 e. The number of nitrogens with zero attached hydrogens (tertiary/aromatic N) is 2. The molecule has 0 saturated heterocycles. The van der Waals surface area contributed by atoms with E-state index in [2.05, 4.69) is 10.3 Å². The summed E-state index contributed by atoms with van der Waals surface area (Å²) in [5.41, 5.74) is 1.96. The number of hydrogen-bond acceptors (Lipinski definition) is 3. The topological polar surface area (TPSA) is 58.4 Å². The Balaban J connectivity index is 1.81. The van der Waals surface area contributed by atoms with Gasteiger partial charge in [0.05, 0.1) is 6.26 Å². The van der Waals surface area contributed by atoms with Gasteiger partial charge in [0.25, 0.3) is 0 Å². The van der Waals surface area contributed by atoms with E-state index in [0.717, 1.165) is 11.1 Å². The van der Waals surface area contributed by atoms with E-state index >= 15 is 0 Å². The smallest absolute Gasteiger partial charge is 0.318 e. The molecule has 0 bridgehead atoms. The molecule has 1 unspecified atom stereocenters. The number of aromatic nitrogens is 1. The Kier molecular flexibility index (Phi) is 5.69. The van der Waals surface area contributed by atoms with Crippen molar-refractivity contribution >= 4 is 6.03 Å². The van der Waals surface area contributed by atoms with Crippen LogP contribution in [0.15, 0.2) is 77.7 Å². The lowest BCUT2D eigenvalue weighted by molar-refractivity contribution is 0.176. The Labute approximate surface area is 153 Å². The number of pyridine rings is 1. The fourth-order valence-electron chi connectivity index (χ4n) is 2.80. The molecular weight excluding hydrogens is 326 g/mol. The van der Waals surface area contributed by atoms with E-state index in [9.17, 15) is 4.79 Å². The largest absolute Gasteiger partial charge is 0.467 e. The Hall–Kier alpha value is -3.08. The summed E-state index contributed by atoms with van der Waals surface area (Å²) < 4.78 is 5.57. The minimum absolute atomic E-state index is 0.0447. The third-order valence-corrected chi connectivity index (χ3v) is 4.19. The summed E-state index contributed by atoms with van der Waals surface area (Å²) in [5, 5.41) is 3.11. The van der Waals surface area contributed by atoms with Gasteiger partial charge in [0.1, 0.15) is 11.8 Å². The van der Waals surface area contributed by atoms with Crippen molar-refractivity contribution in [3.05, 3.63) is 90.1 Å². The molecule has 1 N–H and O–H groups in total. The normalized spacial score (nSPS) is 12.0. The van der Waals surface area contributed by atoms with E-state index < -0.39 is 0 Å². The first-order valence-corrected chi connectivity index (χ1v) is 8.69. The number of furan rings is 1. The van der Waals surface area contributed by atoms with E-state index in [4.69, 9.17) is 4.42 Å². The van der Waals surface area contributed by atoms with Crippen molar-refractivity contribution in [1.29, 1.82) is 0 Å². The zero-order chi connectivity index (χ0) is 18.4. The van der Waals surface area contributed by atoms with Gasteiger partial charge in [-0.25, -0.2) is 4.79 Å². The van der Waals surface area contributed by atoms with Crippen LogP contribution < -0.4 is 5.32 Å². The van der Waals surface area contributed by atoms with E-state index in [0.29, 0.717) is 12.3 Å². The molecule has 3 rings (SSSR count). The van der Waals surface area contributed by atoms with Crippen molar-refractivity contribution in [3.63, 3.8) is 0 Å². The standard InChI is InChI=1S/C21H23N3O2/c1-16(2)24(15-17-8-6-12-22-14-17)21(25)23-20(19-11-7-13-26-19)18-9-4-3-5-10-18/h3-14,16,20H,15H2,1-2H3,(H,23,25). The van der Waals surface area contributed by atoms with Gasteiger partial charge in [0.15, 0.2) is 0 Å². The summed E-state index contributed by atoms with van der Waals surface area (Å²) in [6.45, 7) is 4.50. The van der Waals surface area contributed by atoms with Crippen LogP contribution in [0.25, 0.3) is 0 Å². The lowest BCUT2D eigenvalue weighted by Crippen LogP contribution is -2.45. The van der Waals surface area contributed by atoms with Crippen LogP contribution in [0.4, 0.5) is 4.79 Å². The number of carbonyl (C=O) groups is 1. The van der Waals surface area contributed by atoms with Gasteiger partial charge in [-0.2, -0.15) is 0 Å². The first kappa shape index (κ1) is 17.7. The lowest BCUT2D eigenvalue weighted by atomic mass is 10.0. The summed E-state index contributed by atoms with van der Waals surface area (Å²) in [4.78, 5) is 18.9. The summed E-state index contributed by atoms with van der Waals surface area (Å²) >= 11 is 0. The van der Waals surface area contributed by atoms with Gasteiger partial charge < -0.3 is 14.6 Å². The summed E-state index contributed by atoms with van der Waals surface area (Å²) in [6.07, 6.45) is 5.13. The highest BCUT2D eigenvalue weighted by molar-refractivity contribution is 5.75. The molecule has 1 atom stereocenters. The number of hydrogen-bond donors (Lipinski definition) is 1. The number of carbonyl (C=O) groups excluding carboxylic acids is 1. The first-order chi connectivity index (χ1) is 12.6. The lowest BCUT2D eigenvalue weighted by Gasteiger charge is -2.29. The number of urea groups is 1. The maximum absolute atomic E-state index is 13.0. The zero-order valence-electron chi connectivity index (χ0n) is 15.0. The van der Waals surface area contributed by atoms with Crippen LogP contribution in [0.2, 0.25) is 0 Å². The van der Waals surface area contributed by atoms with Crippen LogP contribution >= 0.6 is 0 Å². The summed E-state index contributed by atoms with van der Waals surface area (Å²) in [6, 6.07) is 16.9. The van der Waals surface area contributed by atoms with Crippen molar-refractivity contribution in [3.8, 4) is 0 Å². The first-order valence-electron chi connectivity index (χ1n) is 8.69. The molecule has 0 fully saturated rings. The fraction of sp³-hybridized carbons (Fsp3) is 0.238. The molecule has 0 saturated carbocycles. The molecule has 0 aliphatic carbocycles. The summed E-state index contributed by atoms with van der Waals surface area (Å²) in [5.74, 6) is 0.703. The third kappa shape index (κ3) is 4.30. The molecular formula is C21H23N3O2. The molecule has 0 aliphatic rings. The van der Waals surface area contributed by atoms with E-state index in [-0.39, 0.29) is 18.1 Å². The van der Waals surface area contributed by atoms with Gasteiger partial charge in [-0.05, 0) is 43.2 Å². The maximum atomic E-state index is 13.0. The number of amides is 2. The predicted molar refractivity (Wildman–Crippen MR) is 100 cm³/mol. The second-order valence-electron chi connectivity index (χ2n) is 6.39. The monoisotopic (exact) mass is 349 g/mol. The summed E-state index contributed by atoms with van der Waals surface area (Å²) in [7, 11) is 0. The maximum Gasteiger partial charge on any atom is 0.318 e. The van der Waals surface area contributed by atoms with Crippen molar-refractivity contribution in [2.45, 2.75) is 32.5 Å². The fourth-order valence-corrected chi connectivity index (χ4v) is 2.80. The van der Waals surface area contributed by atoms with Gasteiger partial charge in [-0.1, -0.05) is 36.4 Å². The Morgan fingerprint density at radius 1 is 1.12 bits per heavy atom. The molecule has 3 aromatic rings. The molecule has 26 heavy (non-hydrogen) atoms. The Morgan fingerprint density at radius 3 is 2.54 bits per heavy atom. The molecule has 0 aliphatic heterocycles. The predicted octanol–water partition coefficient (Wildman–Crippen LogP) is 4.38. The molecule has 5 nitrogen and oxygen atoms in total. The van der Waals surface area contributed by atoms with Crippen LogP contribution in [-0.4, -0.2) is 22.0 Å². The molecule has 0 spiro atoms. The second kappa shape index (κ2) is 8.34. The van der Waals surface area contributed by atoms with Crippen molar-refractivity contribution in [1.82, 2.24) is 15.2 Å². The molecule has 5 heteroatoms. The van der Waals surface area contributed by atoms with Crippen molar-refractivity contribution < 1.29 is 9.21 Å². The number of benzene rings is 1. The molecule has 0 radical (unpaired) electrons. The van der Waals surface area contributed by atoms with Crippen LogP contribution in [0.3, 0.4) is 0 Å². The minimum atomic E-state index is -0.339. The van der Waals surface area contributed by atoms with Gasteiger partial charge in [0.2, 0.25) is 0 Å². The van der Waals surface area contributed by atoms with Gasteiger partial charge in [0, 0.05) is 25.0 Å². The van der Waals surface area contributed by atoms with Crippen molar-refractivity contribution in [2.24, 2.45) is 0 Å². The highest BCUT2D eigenvalue weighted by Crippen LogP contribution is 2.23. The number of rotatable bonds is 6. The van der Waals surface area contributed by atoms with Crippen LogP contribution in [0, 0.1) is 0 Å². The molecule has 2 heterocycles. The van der Waals surface area contributed by atoms with E-state index in [1.165, 1.54) is 0 Å². The van der Waals surface area contributed by atoms with Crippen LogP contribution in [0.1, 0.15) is 36.8 Å². The average molecular weight is 349 g/mol. The van der Waals surface area contributed by atoms with E-state index in [1.54, 1.807) is 23.6 Å². The zero-order valence-corrected chi connectivity index (χ0v) is 15.0. The molecule has 1 aromatic carbocycles. The molecule has 2 aromatic heterocycles. The van der Waals surface area contributed by atoms with Crippen LogP contribution in [0.5, 0.6) is 0 Å². The Bertz CT molecular complexity index is 802. The number of nitrogens with one attached hydrogen (secondary N) is 1. The third-order valence-electron chi connectivity index (χ3n) is 4.19. The second-order valence-corrected chi connectivity index (χ2v) is 6.39. The van der Waals surface area contributed by atoms with Gasteiger partial charge >= 0.3 is 6.03 Å². The highest BCUT2D eigenvalue weighted by Gasteiger charge is 2.24. The van der Waals surface area contributed by atoms with Crippen molar-refractivity contribution in [2.75, 3.05) is 0 Å². The van der Waals surface area contributed by atoms with Gasteiger partial charge in [-0.3, -0.25) is 4.98 Å².